The fourth-order valence-electron chi connectivity index (χ4n) is 3.14. The van der Waals surface area contributed by atoms with Gasteiger partial charge in [0, 0.05) is 6.42 Å². The zero-order chi connectivity index (χ0) is 17.1. The van der Waals surface area contributed by atoms with Gasteiger partial charge in [0.2, 0.25) is 0 Å². The lowest BCUT2D eigenvalue weighted by atomic mass is 9.87. The number of nitriles is 1. The van der Waals surface area contributed by atoms with Gasteiger partial charge in [-0.2, -0.15) is 5.26 Å². The lowest BCUT2D eigenvalue weighted by Crippen LogP contribution is -2.15. The third kappa shape index (κ3) is 2.94. The van der Waals surface area contributed by atoms with E-state index in [0.717, 1.165) is 33.0 Å². The van der Waals surface area contributed by atoms with Gasteiger partial charge in [0.15, 0.2) is 5.78 Å². The minimum Gasteiger partial charge on any atom is -0.297 e. The molecule has 24 heavy (non-hydrogen) atoms. The molecule has 2 heteroatoms. The smallest absolute Gasteiger partial charge is 0.158 e. The molecule has 0 aromatic heterocycles. The summed E-state index contributed by atoms with van der Waals surface area (Å²) in [7, 11) is 0. The molecular formula is C22H19NO. The molecule has 0 saturated heterocycles. The van der Waals surface area contributed by atoms with Gasteiger partial charge in [-0.1, -0.05) is 60.7 Å². The minimum atomic E-state index is -0.719. The summed E-state index contributed by atoms with van der Waals surface area (Å²) in [5.41, 5.74) is 3.92. The van der Waals surface area contributed by atoms with Crippen molar-refractivity contribution in [3.63, 3.8) is 0 Å². The van der Waals surface area contributed by atoms with E-state index in [-0.39, 0.29) is 12.2 Å². The molecule has 0 aliphatic carbocycles. The summed E-state index contributed by atoms with van der Waals surface area (Å²) in [6.45, 7) is 3.97. The van der Waals surface area contributed by atoms with Crippen molar-refractivity contribution < 1.29 is 4.79 Å². The van der Waals surface area contributed by atoms with Crippen LogP contribution in [-0.2, 0) is 11.2 Å². The molecule has 0 N–H and O–H groups in total. The first kappa shape index (κ1) is 16.0. The molecule has 1 atom stereocenters. The summed E-state index contributed by atoms with van der Waals surface area (Å²) in [4.78, 5) is 12.8. The maximum Gasteiger partial charge on any atom is 0.158 e. The number of hydrogen-bond acceptors (Lipinski definition) is 2. The summed E-state index contributed by atoms with van der Waals surface area (Å²) in [6.07, 6.45) is 0.271. The van der Waals surface area contributed by atoms with Gasteiger partial charge in [0.05, 0.1) is 6.07 Å². The summed E-state index contributed by atoms with van der Waals surface area (Å²) in [5, 5.41) is 11.8. The van der Waals surface area contributed by atoms with E-state index in [1.165, 1.54) is 0 Å². The van der Waals surface area contributed by atoms with Gasteiger partial charge in [-0.25, -0.2) is 0 Å². The van der Waals surface area contributed by atoms with Gasteiger partial charge in [-0.05, 0) is 46.9 Å². The maximum absolute atomic E-state index is 12.8. The molecular weight excluding hydrogens is 294 g/mol. The number of aryl methyl sites for hydroxylation is 1. The van der Waals surface area contributed by atoms with Crippen LogP contribution in [0.2, 0.25) is 0 Å². The number of Topliss-reactive ketones (excluding diaryl/α,β-unsaturated/α-hetero) is 1. The zero-order valence-corrected chi connectivity index (χ0v) is 13.9. The standard InChI is InChI=1S/C22H19NO/c1-15-7-5-12-19(16(15)2)21(14-23)22(24)13-18-10-6-9-17-8-3-4-11-20(17)18/h3-12,21H,13H2,1-2H3. The van der Waals surface area contributed by atoms with Crippen molar-refractivity contribution in [2.45, 2.75) is 26.2 Å². The molecule has 0 amide bonds. The number of ketones is 1. The lowest BCUT2D eigenvalue weighted by molar-refractivity contribution is -0.118. The third-order valence-corrected chi connectivity index (χ3v) is 4.65. The van der Waals surface area contributed by atoms with Crippen molar-refractivity contribution in [2.24, 2.45) is 0 Å². The molecule has 0 bridgehead atoms. The average Bonchev–Trinajstić information content (AvgIpc) is 2.59. The Morgan fingerprint density at radius 1 is 1.00 bits per heavy atom. The first-order valence-corrected chi connectivity index (χ1v) is 8.07. The molecule has 0 heterocycles. The van der Waals surface area contributed by atoms with Crippen LogP contribution in [0.5, 0.6) is 0 Å². The van der Waals surface area contributed by atoms with E-state index in [1.807, 2.05) is 74.5 Å². The highest BCUT2D eigenvalue weighted by atomic mass is 16.1. The van der Waals surface area contributed by atoms with E-state index < -0.39 is 5.92 Å². The average molecular weight is 313 g/mol. The molecule has 0 spiro atoms. The second-order valence-electron chi connectivity index (χ2n) is 6.13. The van der Waals surface area contributed by atoms with Crippen molar-refractivity contribution in [2.75, 3.05) is 0 Å². The topological polar surface area (TPSA) is 40.9 Å². The van der Waals surface area contributed by atoms with E-state index in [9.17, 15) is 10.1 Å². The molecule has 3 aromatic rings. The molecule has 3 aromatic carbocycles. The van der Waals surface area contributed by atoms with E-state index in [4.69, 9.17) is 0 Å². The number of fused-ring (bicyclic) bond motifs is 1. The van der Waals surface area contributed by atoms with Crippen molar-refractivity contribution in [1.82, 2.24) is 0 Å². The van der Waals surface area contributed by atoms with Crippen molar-refractivity contribution in [1.29, 1.82) is 5.26 Å². The fraction of sp³-hybridized carbons (Fsp3) is 0.182. The fourth-order valence-corrected chi connectivity index (χ4v) is 3.14. The summed E-state index contributed by atoms with van der Waals surface area (Å²) in [5.74, 6) is -0.772. The summed E-state index contributed by atoms with van der Waals surface area (Å²) in [6, 6.07) is 22.0. The van der Waals surface area contributed by atoms with E-state index in [0.29, 0.717) is 0 Å². The van der Waals surface area contributed by atoms with E-state index in [1.54, 1.807) is 0 Å². The Hall–Kier alpha value is -2.92. The van der Waals surface area contributed by atoms with E-state index in [2.05, 4.69) is 6.07 Å². The van der Waals surface area contributed by atoms with Crippen molar-refractivity contribution >= 4 is 16.6 Å². The Balaban J connectivity index is 1.96. The number of rotatable bonds is 4. The third-order valence-electron chi connectivity index (χ3n) is 4.65. The number of benzene rings is 3. The van der Waals surface area contributed by atoms with Crippen LogP contribution in [0.3, 0.4) is 0 Å². The van der Waals surface area contributed by atoms with Crippen LogP contribution in [0.4, 0.5) is 0 Å². The van der Waals surface area contributed by atoms with Crippen LogP contribution in [0.25, 0.3) is 10.8 Å². The van der Waals surface area contributed by atoms with Gasteiger partial charge in [0.1, 0.15) is 5.92 Å². The normalized spacial score (nSPS) is 11.9. The number of nitrogens with zero attached hydrogens (tertiary/aromatic N) is 1. The largest absolute Gasteiger partial charge is 0.297 e. The van der Waals surface area contributed by atoms with Crippen LogP contribution in [0, 0.1) is 25.2 Å². The Morgan fingerprint density at radius 2 is 1.71 bits per heavy atom. The Kier molecular flexibility index (Phi) is 4.44. The molecule has 0 aliphatic rings. The van der Waals surface area contributed by atoms with Crippen molar-refractivity contribution in [3.8, 4) is 6.07 Å². The van der Waals surface area contributed by atoms with Gasteiger partial charge in [-0.15, -0.1) is 0 Å². The first-order valence-electron chi connectivity index (χ1n) is 8.07. The van der Waals surface area contributed by atoms with Gasteiger partial charge in [0.25, 0.3) is 0 Å². The van der Waals surface area contributed by atoms with Crippen molar-refractivity contribution in [3.05, 3.63) is 82.9 Å². The number of carbonyl (C=O) groups is 1. The predicted octanol–water partition coefficient (Wildman–Crippen LogP) is 4.88. The van der Waals surface area contributed by atoms with Crippen LogP contribution < -0.4 is 0 Å². The molecule has 2 nitrogen and oxygen atoms in total. The molecule has 0 saturated carbocycles. The van der Waals surface area contributed by atoms with Gasteiger partial charge < -0.3 is 0 Å². The Bertz CT molecular complexity index is 944. The van der Waals surface area contributed by atoms with Crippen LogP contribution in [0.1, 0.15) is 28.2 Å². The first-order chi connectivity index (χ1) is 11.6. The minimum absolute atomic E-state index is 0.0532. The van der Waals surface area contributed by atoms with Crippen LogP contribution in [0.15, 0.2) is 60.7 Å². The molecule has 0 aliphatic heterocycles. The molecule has 118 valence electrons. The molecule has 0 radical (unpaired) electrons. The zero-order valence-electron chi connectivity index (χ0n) is 13.9. The summed E-state index contributed by atoms with van der Waals surface area (Å²) < 4.78 is 0. The highest BCUT2D eigenvalue weighted by Crippen LogP contribution is 2.26. The molecule has 3 rings (SSSR count). The second-order valence-corrected chi connectivity index (χ2v) is 6.13. The molecule has 1 unspecified atom stereocenters. The number of hydrogen-bond donors (Lipinski definition) is 0. The van der Waals surface area contributed by atoms with Crippen LogP contribution >= 0.6 is 0 Å². The summed E-state index contributed by atoms with van der Waals surface area (Å²) >= 11 is 0. The maximum atomic E-state index is 12.8. The second kappa shape index (κ2) is 6.68. The van der Waals surface area contributed by atoms with Gasteiger partial charge >= 0.3 is 0 Å². The molecule has 0 fully saturated rings. The Labute approximate surface area is 142 Å². The monoisotopic (exact) mass is 313 g/mol. The quantitative estimate of drug-likeness (QED) is 0.689. The number of carbonyl (C=O) groups excluding carboxylic acids is 1. The highest BCUT2D eigenvalue weighted by molar-refractivity contribution is 5.95. The predicted molar refractivity (Wildman–Crippen MR) is 96.9 cm³/mol. The van der Waals surface area contributed by atoms with E-state index >= 15 is 0 Å². The lowest BCUT2D eigenvalue weighted by Gasteiger charge is -2.14. The van der Waals surface area contributed by atoms with Gasteiger partial charge in [-0.3, -0.25) is 4.79 Å². The van der Waals surface area contributed by atoms with Crippen LogP contribution in [-0.4, -0.2) is 5.78 Å². The SMILES string of the molecule is Cc1cccc(C(C#N)C(=O)Cc2cccc3ccccc23)c1C. The highest BCUT2D eigenvalue weighted by Gasteiger charge is 2.23. The Morgan fingerprint density at radius 3 is 2.50 bits per heavy atom.